The Morgan fingerprint density at radius 1 is 1.88 bits per heavy atom. The van der Waals surface area contributed by atoms with Crippen molar-refractivity contribution in [2.75, 3.05) is 0 Å². The molecule has 0 aromatic rings. The van der Waals surface area contributed by atoms with Gasteiger partial charge < -0.3 is 11.1 Å². The van der Waals surface area contributed by atoms with E-state index in [1.54, 1.807) is 0 Å². The first-order valence-corrected chi connectivity index (χ1v) is 2.50. The maximum atomic E-state index is 6.79. The van der Waals surface area contributed by atoms with Crippen molar-refractivity contribution in [2.24, 2.45) is 5.73 Å². The summed E-state index contributed by atoms with van der Waals surface area (Å²) < 4.78 is 0. The van der Waals surface area contributed by atoms with Crippen LogP contribution in [0.2, 0.25) is 0 Å². The van der Waals surface area contributed by atoms with Gasteiger partial charge in [0.05, 0.1) is 0 Å². The van der Waals surface area contributed by atoms with Crippen LogP contribution in [0.25, 0.3) is 0 Å². The van der Waals surface area contributed by atoms with Crippen molar-refractivity contribution < 1.29 is 0 Å². The number of nitrogens with one attached hydrogen (secondary N) is 2. The third kappa shape index (κ3) is 0.992. The molecule has 3 heteroatoms. The van der Waals surface area contributed by atoms with E-state index in [0.717, 1.165) is 12.1 Å². The van der Waals surface area contributed by atoms with Gasteiger partial charge in [-0.1, -0.05) is 0 Å². The first-order chi connectivity index (χ1) is 3.70. The van der Waals surface area contributed by atoms with E-state index >= 15 is 0 Å². The summed E-state index contributed by atoms with van der Waals surface area (Å²) in [7, 11) is 0. The van der Waals surface area contributed by atoms with Crippen LogP contribution in [0, 0.1) is 5.41 Å². The first-order valence-electron chi connectivity index (χ1n) is 2.50. The van der Waals surface area contributed by atoms with Crippen LogP contribution in [0.5, 0.6) is 0 Å². The average Bonchev–Trinajstić information content (AvgIpc) is 2.17. The monoisotopic (exact) mass is 111 g/mol. The standard InChI is InChI=1S/C5H9N3/c1-3-2-4(3)8-5(6)7/h2H2,1H3,(H4,6,7,8). The van der Waals surface area contributed by atoms with Gasteiger partial charge in [-0.15, -0.1) is 0 Å². The molecule has 0 saturated heterocycles. The van der Waals surface area contributed by atoms with Crippen LogP contribution >= 0.6 is 0 Å². The molecular formula is C5H9N3. The number of allylic oxidation sites excluding steroid dienone is 2. The molecule has 0 aliphatic heterocycles. The van der Waals surface area contributed by atoms with E-state index in [1.807, 2.05) is 6.92 Å². The minimum Gasteiger partial charge on any atom is -0.370 e. The maximum absolute atomic E-state index is 6.79. The molecule has 0 heterocycles. The van der Waals surface area contributed by atoms with Gasteiger partial charge in [0, 0.05) is 12.1 Å². The molecule has 0 saturated carbocycles. The zero-order valence-corrected chi connectivity index (χ0v) is 4.78. The zero-order valence-electron chi connectivity index (χ0n) is 4.78. The second-order valence-electron chi connectivity index (χ2n) is 1.97. The highest BCUT2D eigenvalue weighted by Gasteiger charge is 2.15. The lowest BCUT2D eigenvalue weighted by molar-refractivity contribution is 1.12. The van der Waals surface area contributed by atoms with E-state index in [1.165, 1.54) is 5.57 Å². The minimum atomic E-state index is 0.0388. The zero-order chi connectivity index (χ0) is 6.15. The van der Waals surface area contributed by atoms with E-state index in [9.17, 15) is 0 Å². The number of hydrogen-bond acceptors (Lipinski definition) is 1. The van der Waals surface area contributed by atoms with Crippen molar-refractivity contribution in [2.45, 2.75) is 13.3 Å². The average molecular weight is 111 g/mol. The fourth-order valence-corrected chi connectivity index (χ4v) is 0.534. The van der Waals surface area contributed by atoms with Gasteiger partial charge in [-0.05, 0) is 12.5 Å². The van der Waals surface area contributed by atoms with Gasteiger partial charge in [-0.3, -0.25) is 5.41 Å². The van der Waals surface area contributed by atoms with Crippen molar-refractivity contribution in [1.82, 2.24) is 5.32 Å². The van der Waals surface area contributed by atoms with Crippen LogP contribution in [0.4, 0.5) is 0 Å². The predicted molar refractivity (Wildman–Crippen MR) is 32.4 cm³/mol. The Morgan fingerprint density at radius 2 is 2.38 bits per heavy atom. The summed E-state index contributed by atoms with van der Waals surface area (Å²) in [5.74, 6) is 0.0388. The molecule has 1 rings (SSSR count). The lowest BCUT2D eigenvalue weighted by atomic mass is 10.6. The maximum Gasteiger partial charge on any atom is 0.189 e. The minimum absolute atomic E-state index is 0.0388. The number of rotatable bonds is 1. The molecule has 3 nitrogen and oxygen atoms in total. The molecule has 1 aliphatic carbocycles. The summed E-state index contributed by atoms with van der Waals surface area (Å²) in [5, 5.41) is 9.49. The Hall–Kier alpha value is -0.990. The summed E-state index contributed by atoms with van der Waals surface area (Å²) in [5.41, 5.74) is 7.45. The number of hydrogen-bond donors (Lipinski definition) is 3. The molecule has 0 unspecified atom stereocenters. The molecule has 0 aromatic heterocycles. The van der Waals surface area contributed by atoms with E-state index in [4.69, 9.17) is 11.1 Å². The molecule has 4 N–H and O–H groups in total. The SMILES string of the molecule is CC1=C(NC(=N)N)C1. The van der Waals surface area contributed by atoms with Crippen molar-refractivity contribution in [3.8, 4) is 0 Å². The van der Waals surface area contributed by atoms with Gasteiger partial charge in [0.2, 0.25) is 0 Å². The third-order valence-corrected chi connectivity index (χ3v) is 1.12. The second-order valence-corrected chi connectivity index (χ2v) is 1.97. The topological polar surface area (TPSA) is 61.9 Å². The number of nitrogens with two attached hydrogens (primary N) is 1. The molecule has 0 radical (unpaired) electrons. The van der Waals surface area contributed by atoms with Crippen LogP contribution < -0.4 is 11.1 Å². The van der Waals surface area contributed by atoms with Gasteiger partial charge in [-0.25, -0.2) is 0 Å². The summed E-state index contributed by atoms with van der Waals surface area (Å²) in [6.45, 7) is 2.02. The summed E-state index contributed by atoms with van der Waals surface area (Å²) in [4.78, 5) is 0. The molecule has 44 valence electrons. The Kier molecular flexibility index (Phi) is 0.970. The van der Waals surface area contributed by atoms with Gasteiger partial charge in [0.1, 0.15) is 0 Å². The molecular weight excluding hydrogens is 102 g/mol. The van der Waals surface area contributed by atoms with Crippen molar-refractivity contribution in [1.29, 1.82) is 5.41 Å². The fourth-order valence-electron chi connectivity index (χ4n) is 0.534. The Balaban J connectivity index is 2.33. The van der Waals surface area contributed by atoms with Gasteiger partial charge in [0.15, 0.2) is 5.96 Å². The lowest BCUT2D eigenvalue weighted by Gasteiger charge is -1.92. The molecule has 0 atom stereocenters. The summed E-state index contributed by atoms with van der Waals surface area (Å²) in [6.07, 6.45) is 1.000. The normalized spacial score (nSPS) is 16.1. The number of guanidine groups is 1. The largest absolute Gasteiger partial charge is 0.370 e. The Bertz CT molecular complexity index is 157. The third-order valence-electron chi connectivity index (χ3n) is 1.12. The second kappa shape index (κ2) is 1.51. The summed E-state index contributed by atoms with van der Waals surface area (Å²) >= 11 is 0. The van der Waals surface area contributed by atoms with Crippen LogP contribution in [0.3, 0.4) is 0 Å². The lowest BCUT2D eigenvalue weighted by Crippen LogP contribution is -2.26. The van der Waals surface area contributed by atoms with Gasteiger partial charge >= 0.3 is 0 Å². The van der Waals surface area contributed by atoms with E-state index in [-0.39, 0.29) is 5.96 Å². The fraction of sp³-hybridized carbons (Fsp3) is 0.400. The van der Waals surface area contributed by atoms with Crippen molar-refractivity contribution >= 4 is 5.96 Å². The molecule has 0 spiro atoms. The summed E-state index contributed by atoms with van der Waals surface area (Å²) in [6, 6.07) is 0. The smallest absolute Gasteiger partial charge is 0.189 e. The Morgan fingerprint density at radius 3 is 2.50 bits per heavy atom. The molecule has 0 aromatic carbocycles. The van der Waals surface area contributed by atoms with E-state index < -0.39 is 0 Å². The van der Waals surface area contributed by atoms with Crippen LogP contribution in [-0.2, 0) is 0 Å². The highest BCUT2D eigenvalue weighted by Crippen LogP contribution is 2.25. The molecule has 0 bridgehead atoms. The highest BCUT2D eigenvalue weighted by atomic mass is 15.1. The van der Waals surface area contributed by atoms with Gasteiger partial charge in [0.25, 0.3) is 0 Å². The van der Waals surface area contributed by atoms with Crippen molar-refractivity contribution in [3.63, 3.8) is 0 Å². The van der Waals surface area contributed by atoms with E-state index in [0.29, 0.717) is 0 Å². The Labute approximate surface area is 48.1 Å². The van der Waals surface area contributed by atoms with Crippen LogP contribution in [0.1, 0.15) is 13.3 Å². The molecule has 8 heavy (non-hydrogen) atoms. The first kappa shape index (κ1) is 5.15. The quantitative estimate of drug-likeness (QED) is 0.333. The molecule has 1 aliphatic rings. The van der Waals surface area contributed by atoms with Crippen LogP contribution in [-0.4, -0.2) is 5.96 Å². The molecule has 0 amide bonds. The van der Waals surface area contributed by atoms with E-state index in [2.05, 4.69) is 5.32 Å². The highest BCUT2D eigenvalue weighted by molar-refractivity contribution is 5.77. The molecule has 0 fully saturated rings. The van der Waals surface area contributed by atoms with Crippen molar-refractivity contribution in [3.05, 3.63) is 11.3 Å². The van der Waals surface area contributed by atoms with Crippen LogP contribution in [0.15, 0.2) is 11.3 Å². The van der Waals surface area contributed by atoms with Gasteiger partial charge in [-0.2, -0.15) is 0 Å². The predicted octanol–water partition coefficient (Wildman–Crippen LogP) is 0.147.